The predicted octanol–water partition coefficient (Wildman–Crippen LogP) is 1.75. The van der Waals surface area contributed by atoms with E-state index in [-0.39, 0.29) is 25.7 Å². The van der Waals surface area contributed by atoms with Gasteiger partial charge in [0.1, 0.15) is 13.2 Å². The normalized spacial score (nSPS) is 18.3. The van der Waals surface area contributed by atoms with E-state index < -0.39 is 5.97 Å². The van der Waals surface area contributed by atoms with Crippen LogP contribution in [0.25, 0.3) is 0 Å². The number of rotatable bonds is 9. The Labute approximate surface area is 121 Å². The Morgan fingerprint density at radius 1 is 1.16 bits per heavy atom. The van der Waals surface area contributed by atoms with Gasteiger partial charge in [-0.25, -0.2) is 0 Å². The second kappa shape index (κ2) is 10.4. The second-order valence-corrected chi connectivity index (χ2v) is 7.01. The largest absolute Gasteiger partial charge is 0.462 e. The fourth-order valence-corrected chi connectivity index (χ4v) is 4.68. The Kier molecular flexibility index (Phi) is 9.11. The number of ether oxygens (including phenoxy) is 2. The SMILES string of the molecule is NCC(=O)OCCOC(=O)CCCCC1CCSS1. The monoisotopic (exact) mass is 307 g/mol. The van der Waals surface area contributed by atoms with Crippen LogP contribution in [0.3, 0.4) is 0 Å². The summed E-state index contributed by atoms with van der Waals surface area (Å²) in [6.45, 7) is 0.0445. The summed E-state index contributed by atoms with van der Waals surface area (Å²) in [5.41, 5.74) is 5.06. The van der Waals surface area contributed by atoms with Crippen LogP contribution in [-0.2, 0) is 19.1 Å². The maximum absolute atomic E-state index is 11.4. The third-order valence-electron chi connectivity index (χ3n) is 2.66. The van der Waals surface area contributed by atoms with Crippen molar-refractivity contribution in [2.24, 2.45) is 5.73 Å². The number of carbonyl (C=O) groups is 2. The van der Waals surface area contributed by atoms with Crippen molar-refractivity contribution in [1.82, 2.24) is 0 Å². The van der Waals surface area contributed by atoms with Crippen molar-refractivity contribution < 1.29 is 19.1 Å². The lowest BCUT2D eigenvalue weighted by Crippen LogP contribution is -2.20. The van der Waals surface area contributed by atoms with Gasteiger partial charge >= 0.3 is 11.9 Å². The first-order chi connectivity index (χ1) is 9.22. The van der Waals surface area contributed by atoms with E-state index in [1.807, 2.05) is 21.6 Å². The van der Waals surface area contributed by atoms with Crippen LogP contribution in [0.4, 0.5) is 0 Å². The highest BCUT2D eigenvalue weighted by Gasteiger charge is 2.15. The number of nitrogens with two attached hydrogens (primary N) is 1. The van der Waals surface area contributed by atoms with Gasteiger partial charge < -0.3 is 15.2 Å². The Hall–Kier alpha value is -0.400. The van der Waals surface area contributed by atoms with Gasteiger partial charge in [-0.05, 0) is 19.3 Å². The van der Waals surface area contributed by atoms with E-state index in [1.54, 1.807) is 0 Å². The van der Waals surface area contributed by atoms with Gasteiger partial charge in [-0.15, -0.1) is 0 Å². The van der Waals surface area contributed by atoms with Crippen LogP contribution in [0.15, 0.2) is 0 Å². The summed E-state index contributed by atoms with van der Waals surface area (Å²) in [4.78, 5) is 22.1. The minimum atomic E-state index is -0.483. The van der Waals surface area contributed by atoms with Crippen molar-refractivity contribution in [1.29, 1.82) is 0 Å². The molecule has 1 fully saturated rings. The molecule has 1 rings (SSSR count). The third-order valence-corrected chi connectivity index (χ3v) is 5.67. The zero-order valence-electron chi connectivity index (χ0n) is 11.0. The fourth-order valence-electron chi connectivity index (χ4n) is 1.65. The molecule has 1 aliphatic heterocycles. The van der Waals surface area contributed by atoms with Gasteiger partial charge in [-0.1, -0.05) is 28.0 Å². The Balaban J connectivity index is 1.88. The molecular weight excluding hydrogens is 286 g/mol. The van der Waals surface area contributed by atoms with Crippen LogP contribution >= 0.6 is 21.6 Å². The standard InChI is InChI=1S/C12H21NO4S2/c13-9-12(15)17-7-6-16-11(14)4-2-1-3-10-5-8-18-19-10/h10H,1-9,13H2. The number of unbranched alkanes of at least 4 members (excludes halogenated alkanes) is 1. The maximum atomic E-state index is 11.4. The molecule has 0 spiro atoms. The predicted molar refractivity (Wildman–Crippen MR) is 77.9 cm³/mol. The summed E-state index contributed by atoms with van der Waals surface area (Å²) in [6, 6.07) is 0. The molecule has 0 aliphatic carbocycles. The van der Waals surface area contributed by atoms with Crippen molar-refractivity contribution in [3.8, 4) is 0 Å². The molecule has 1 atom stereocenters. The summed E-state index contributed by atoms with van der Waals surface area (Å²) >= 11 is 0. The van der Waals surface area contributed by atoms with Crippen LogP contribution in [0, 0.1) is 0 Å². The topological polar surface area (TPSA) is 78.6 Å². The first-order valence-corrected chi connectivity index (χ1v) is 8.90. The number of esters is 2. The molecule has 1 saturated heterocycles. The average Bonchev–Trinajstić information content (AvgIpc) is 2.92. The van der Waals surface area contributed by atoms with Crippen LogP contribution in [0.2, 0.25) is 0 Å². The molecule has 0 saturated carbocycles. The molecule has 1 aliphatic rings. The molecule has 0 bridgehead atoms. The molecule has 0 aromatic rings. The molecule has 1 heterocycles. The zero-order chi connectivity index (χ0) is 13.9. The highest BCUT2D eigenvalue weighted by atomic mass is 33.1. The van der Waals surface area contributed by atoms with E-state index in [4.69, 9.17) is 10.5 Å². The molecule has 19 heavy (non-hydrogen) atoms. The molecule has 0 amide bonds. The smallest absolute Gasteiger partial charge is 0.319 e. The molecular formula is C12H21NO4S2. The third kappa shape index (κ3) is 8.39. The van der Waals surface area contributed by atoms with E-state index in [9.17, 15) is 9.59 Å². The molecule has 0 radical (unpaired) electrons. The number of carbonyl (C=O) groups excluding carboxylic acids is 2. The van der Waals surface area contributed by atoms with Crippen LogP contribution < -0.4 is 5.73 Å². The lowest BCUT2D eigenvalue weighted by atomic mass is 10.1. The molecule has 2 N–H and O–H groups in total. The van der Waals surface area contributed by atoms with Gasteiger partial charge in [-0.3, -0.25) is 9.59 Å². The van der Waals surface area contributed by atoms with Crippen LogP contribution in [-0.4, -0.2) is 42.7 Å². The van der Waals surface area contributed by atoms with Crippen molar-refractivity contribution in [3.63, 3.8) is 0 Å². The molecule has 5 nitrogen and oxygen atoms in total. The van der Waals surface area contributed by atoms with Crippen LogP contribution in [0.1, 0.15) is 32.1 Å². The van der Waals surface area contributed by atoms with Gasteiger partial charge in [0, 0.05) is 17.4 Å². The maximum Gasteiger partial charge on any atom is 0.319 e. The Morgan fingerprint density at radius 3 is 2.53 bits per heavy atom. The average molecular weight is 307 g/mol. The van der Waals surface area contributed by atoms with E-state index in [1.165, 1.54) is 18.6 Å². The van der Waals surface area contributed by atoms with Crippen molar-refractivity contribution in [3.05, 3.63) is 0 Å². The van der Waals surface area contributed by atoms with Crippen LogP contribution in [0.5, 0.6) is 0 Å². The van der Waals surface area contributed by atoms with E-state index >= 15 is 0 Å². The van der Waals surface area contributed by atoms with Gasteiger partial charge in [-0.2, -0.15) is 0 Å². The van der Waals surface area contributed by atoms with Gasteiger partial charge in [0.25, 0.3) is 0 Å². The van der Waals surface area contributed by atoms with E-state index in [2.05, 4.69) is 4.74 Å². The Morgan fingerprint density at radius 2 is 1.89 bits per heavy atom. The highest BCUT2D eigenvalue weighted by molar-refractivity contribution is 8.77. The molecule has 0 aromatic heterocycles. The highest BCUT2D eigenvalue weighted by Crippen LogP contribution is 2.39. The minimum Gasteiger partial charge on any atom is -0.462 e. The zero-order valence-corrected chi connectivity index (χ0v) is 12.6. The second-order valence-electron chi connectivity index (χ2n) is 4.22. The van der Waals surface area contributed by atoms with Crippen molar-refractivity contribution >= 4 is 33.5 Å². The molecule has 0 aromatic carbocycles. The van der Waals surface area contributed by atoms with Gasteiger partial charge in [0.15, 0.2) is 0 Å². The lowest BCUT2D eigenvalue weighted by molar-refractivity contribution is -0.151. The van der Waals surface area contributed by atoms with Crippen molar-refractivity contribution in [2.75, 3.05) is 25.5 Å². The van der Waals surface area contributed by atoms with E-state index in [0.717, 1.165) is 18.1 Å². The van der Waals surface area contributed by atoms with E-state index in [0.29, 0.717) is 6.42 Å². The summed E-state index contributed by atoms with van der Waals surface area (Å²) in [5, 5.41) is 0.761. The summed E-state index contributed by atoms with van der Waals surface area (Å²) < 4.78 is 9.63. The van der Waals surface area contributed by atoms with Crippen molar-refractivity contribution in [2.45, 2.75) is 37.4 Å². The summed E-state index contributed by atoms with van der Waals surface area (Å²) in [7, 11) is 3.90. The lowest BCUT2D eigenvalue weighted by Gasteiger charge is -2.07. The quantitative estimate of drug-likeness (QED) is 0.395. The summed E-state index contributed by atoms with van der Waals surface area (Å²) in [5.74, 6) is 0.541. The molecule has 1 unspecified atom stereocenters. The van der Waals surface area contributed by atoms with Gasteiger partial charge in [0.05, 0.1) is 6.54 Å². The molecule has 110 valence electrons. The number of hydrogen-bond donors (Lipinski definition) is 1. The first-order valence-electron chi connectivity index (χ1n) is 6.52. The minimum absolute atomic E-state index is 0.0811. The number of hydrogen-bond acceptors (Lipinski definition) is 7. The molecule has 7 heteroatoms. The summed E-state index contributed by atoms with van der Waals surface area (Å²) in [6.07, 6.45) is 4.83. The fraction of sp³-hybridized carbons (Fsp3) is 0.833. The first kappa shape index (κ1) is 16.7. The van der Waals surface area contributed by atoms with Gasteiger partial charge in [0.2, 0.25) is 0 Å². The Bertz CT molecular complexity index is 283.